The Morgan fingerprint density at radius 1 is 1.11 bits per heavy atom. The maximum Gasteiger partial charge on any atom is 0.123 e. The van der Waals surface area contributed by atoms with Crippen molar-refractivity contribution in [1.82, 2.24) is 5.32 Å². The molecule has 2 rings (SSSR count). The van der Waals surface area contributed by atoms with Gasteiger partial charge in [0.2, 0.25) is 0 Å². The third kappa shape index (κ3) is 2.99. The van der Waals surface area contributed by atoms with E-state index < -0.39 is 0 Å². The number of halogens is 1. The van der Waals surface area contributed by atoms with E-state index >= 15 is 0 Å². The van der Waals surface area contributed by atoms with Gasteiger partial charge in [-0.3, -0.25) is 0 Å². The van der Waals surface area contributed by atoms with E-state index in [0.717, 1.165) is 11.1 Å². The van der Waals surface area contributed by atoms with Crippen molar-refractivity contribution in [2.45, 2.75) is 17.9 Å². The number of thioether (sulfide) groups is 1. The smallest absolute Gasteiger partial charge is 0.123 e. The Morgan fingerprint density at radius 3 is 2.53 bits per heavy atom. The van der Waals surface area contributed by atoms with Crippen molar-refractivity contribution < 1.29 is 4.39 Å². The summed E-state index contributed by atoms with van der Waals surface area (Å²) in [6.07, 6.45) is 2.06. The van der Waals surface area contributed by atoms with Crippen LogP contribution < -0.4 is 5.32 Å². The molecule has 3 heteroatoms. The fourth-order valence-electron chi connectivity index (χ4n) is 2.31. The normalized spacial score (nSPS) is 12.4. The van der Waals surface area contributed by atoms with Crippen LogP contribution in [0.1, 0.15) is 22.7 Å². The van der Waals surface area contributed by atoms with Crippen molar-refractivity contribution in [2.24, 2.45) is 0 Å². The molecule has 1 N–H and O–H groups in total. The quantitative estimate of drug-likeness (QED) is 0.841. The summed E-state index contributed by atoms with van der Waals surface area (Å²) in [5.41, 5.74) is 3.27. The molecular weight excluding hydrogens is 257 g/mol. The van der Waals surface area contributed by atoms with Crippen molar-refractivity contribution in [1.29, 1.82) is 0 Å². The zero-order valence-electron chi connectivity index (χ0n) is 11.4. The molecule has 1 unspecified atom stereocenters. The molecule has 0 amide bonds. The Labute approximate surface area is 118 Å². The highest BCUT2D eigenvalue weighted by molar-refractivity contribution is 7.98. The third-order valence-corrected chi connectivity index (χ3v) is 4.10. The molecule has 0 aliphatic heterocycles. The lowest BCUT2D eigenvalue weighted by Gasteiger charge is -2.21. The van der Waals surface area contributed by atoms with Crippen LogP contribution in [0.2, 0.25) is 0 Å². The van der Waals surface area contributed by atoms with Gasteiger partial charge in [0, 0.05) is 4.90 Å². The van der Waals surface area contributed by atoms with Gasteiger partial charge in [0.15, 0.2) is 0 Å². The first-order chi connectivity index (χ1) is 9.17. The second-order valence-corrected chi connectivity index (χ2v) is 5.31. The lowest BCUT2D eigenvalue weighted by molar-refractivity contribution is 0.613. The summed E-state index contributed by atoms with van der Waals surface area (Å²) in [4.78, 5) is 1.21. The van der Waals surface area contributed by atoms with Crippen LogP contribution in [0, 0.1) is 12.7 Å². The average molecular weight is 275 g/mol. The Hall–Kier alpha value is -1.32. The van der Waals surface area contributed by atoms with E-state index in [1.54, 1.807) is 17.8 Å². The highest BCUT2D eigenvalue weighted by Crippen LogP contribution is 2.31. The number of benzene rings is 2. The van der Waals surface area contributed by atoms with E-state index in [2.05, 4.69) is 23.7 Å². The summed E-state index contributed by atoms with van der Waals surface area (Å²) in [5, 5.41) is 3.30. The topological polar surface area (TPSA) is 12.0 Å². The Balaban J connectivity index is 2.53. The molecule has 0 aliphatic carbocycles. The van der Waals surface area contributed by atoms with Gasteiger partial charge in [0.1, 0.15) is 5.82 Å². The number of rotatable bonds is 4. The fraction of sp³-hybridized carbons (Fsp3) is 0.250. The first-order valence-corrected chi connectivity index (χ1v) is 7.46. The molecule has 0 bridgehead atoms. The molecule has 19 heavy (non-hydrogen) atoms. The highest BCUT2D eigenvalue weighted by Gasteiger charge is 2.17. The molecular formula is C16H18FNS. The van der Waals surface area contributed by atoms with Crippen LogP contribution in [0.3, 0.4) is 0 Å². The van der Waals surface area contributed by atoms with Crippen molar-refractivity contribution in [2.75, 3.05) is 13.3 Å². The molecule has 1 atom stereocenters. The van der Waals surface area contributed by atoms with Crippen LogP contribution in [-0.2, 0) is 0 Å². The fourth-order valence-corrected chi connectivity index (χ4v) is 2.94. The first kappa shape index (κ1) is 14.1. The van der Waals surface area contributed by atoms with Gasteiger partial charge in [0.25, 0.3) is 0 Å². The van der Waals surface area contributed by atoms with Gasteiger partial charge in [-0.15, -0.1) is 11.8 Å². The molecule has 1 nitrogen and oxygen atoms in total. The number of hydrogen-bond donors (Lipinski definition) is 1. The van der Waals surface area contributed by atoms with Crippen molar-refractivity contribution >= 4 is 11.8 Å². The molecule has 0 spiro atoms. The van der Waals surface area contributed by atoms with Crippen LogP contribution >= 0.6 is 11.8 Å². The molecule has 0 aromatic heterocycles. The predicted molar refractivity (Wildman–Crippen MR) is 80.3 cm³/mol. The SMILES string of the molecule is CNC(c1cc(F)ccc1C)c1ccccc1SC. The Morgan fingerprint density at radius 2 is 1.84 bits per heavy atom. The average Bonchev–Trinajstić information content (AvgIpc) is 2.44. The van der Waals surface area contributed by atoms with Gasteiger partial charge in [-0.1, -0.05) is 24.3 Å². The summed E-state index contributed by atoms with van der Waals surface area (Å²) in [5.74, 6) is -0.192. The minimum absolute atomic E-state index is 0.0133. The van der Waals surface area contributed by atoms with Crippen LogP contribution in [0.25, 0.3) is 0 Å². The van der Waals surface area contributed by atoms with E-state index in [4.69, 9.17) is 0 Å². The maximum atomic E-state index is 13.5. The standard InChI is InChI=1S/C16H18FNS/c1-11-8-9-12(17)10-14(11)16(18-2)13-6-4-5-7-15(13)19-3/h4-10,16,18H,1-3H3. The lowest BCUT2D eigenvalue weighted by atomic mass is 9.95. The summed E-state index contributed by atoms with van der Waals surface area (Å²) >= 11 is 1.71. The maximum absolute atomic E-state index is 13.5. The van der Waals surface area contributed by atoms with Gasteiger partial charge in [-0.2, -0.15) is 0 Å². The second-order valence-electron chi connectivity index (χ2n) is 4.46. The minimum atomic E-state index is -0.192. The van der Waals surface area contributed by atoms with E-state index in [9.17, 15) is 4.39 Å². The van der Waals surface area contributed by atoms with E-state index in [1.807, 2.05) is 32.2 Å². The van der Waals surface area contributed by atoms with Gasteiger partial charge < -0.3 is 5.32 Å². The van der Waals surface area contributed by atoms with Crippen LogP contribution in [0.4, 0.5) is 4.39 Å². The van der Waals surface area contributed by atoms with E-state index in [0.29, 0.717) is 0 Å². The second kappa shape index (κ2) is 6.22. The molecule has 2 aromatic carbocycles. The number of nitrogens with one attached hydrogen (secondary N) is 1. The van der Waals surface area contributed by atoms with Crippen LogP contribution in [0.5, 0.6) is 0 Å². The van der Waals surface area contributed by atoms with Gasteiger partial charge in [-0.05, 0) is 55.1 Å². The summed E-state index contributed by atoms with van der Waals surface area (Å²) in [6.45, 7) is 2.01. The lowest BCUT2D eigenvalue weighted by Crippen LogP contribution is -2.19. The zero-order chi connectivity index (χ0) is 13.8. The van der Waals surface area contributed by atoms with Crippen molar-refractivity contribution in [3.63, 3.8) is 0 Å². The van der Waals surface area contributed by atoms with Gasteiger partial charge in [0.05, 0.1) is 6.04 Å². The monoisotopic (exact) mass is 275 g/mol. The molecule has 0 radical (unpaired) electrons. The molecule has 0 saturated heterocycles. The predicted octanol–water partition coefficient (Wildman–Crippen LogP) is 4.16. The van der Waals surface area contributed by atoms with Gasteiger partial charge >= 0.3 is 0 Å². The molecule has 100 valence electrons. The molecule has 0 fully saturated rings. The number of aryl methyl sites for hydroxylation is 1. The minimum Gasteiger partial charge on any atom is -0.309 e. The molecule has 2 aromatic rings. The van der Waals surface area contributed by atoms with Gasteiger partial charge in [-0.25, -0.2) is 4.39 Å². The molecule has 0 aliphatic rings. The zero-order valence-corrected chi connectivity index (χ0v) is 12.2. The summed E-state index contributed by atoms with van der Waals surface area (Å²) < 4.78 is 13.5. The van der Waals surface area contributed by atoms with Crippen LogP contribution in [0.15, 0.2) is 47.4 Å². The number of hydrogen-bond acceptors (Lipinski definition) is 2. The van der Waals surface area contributed by atoms with Crippen molar-refractivity contribution in [3.8, 4) is 0 Å². The Bertz CT molecular complexity index is 568. The van der Waals surface area contributed by atoms with Crippen molar-refractivity contribution in [3.05, 3.63) is 65.0 Å². The van der Waals surface area contributed by atoms with Crippen LogP contribution in [-0.4, -0.2) is 13.3 Å². The summed E-state index contributed by atoms with van der Waals surface area (Å²) in [6, 6.07) is 13.2. The first-order valence-electron chi connectivity index (χ1n) is 6.23. The third-order valence-electron chi connectivity index (χ3n) is 3.29. The highest BCUT2D eigenvalue weighted by atomic mass is 32.2. The largest absolute Gasteiger partial charge is 0.309 e. The van der Waals surface area contributed by atoms with E-state index in [1.165, 1.54) is 16.5 Å². The molecule has 0 saturated carbocycles. The molecule has 0 heterocycles. The summed E-state index contributed by atoms with van der Waals surface area (Å²) in [7, 11) is 1.91. The Kier molecular flexibility index (Phi) is 4.61. The van der Waals surface area contributed by atoms with E-state index in [-0.39, 0.29) is 11.9 Å².